The highest BCUT2D eigenvalue weighted by atomic mass is 19.4. The molecular weight excluding hydrogens is 275 g/mol. The number of aliphatic imine (C=N–C) groups is 1. The summed E-state index contributed by atoms with van der Waals surface area (Å²) in [7, 11) is 1.59. The summed E-state index contributed by atoms with van der Waals surface area (Å²) in [5.74, 6) is 0.298. The lowest BCUT2D eigenvalue weighted by molar-refractivity contribution is -0.141. The van der Waals surface area contributed by atoms with Gasteiger partial charge in [0.15, 0.2) is 11.9 Å². The van der Waals surface area contributed by atoms with Gasteiger partial charge in [-0.15, -0.1) is 0 Å². The number of imidazole rings is 1. The Morgan fingerprint density at radius 1 is 1.55 bits per heavy atom. The van der Waals surface area contributed by atoms with Gasteiger partial charge in [-0.05, 0) is 0 Å². The Labute approximate surface area is 113 Å². The summed E-state index contributed by atoms with van der Waals surface area (Å²) >= 11 is 0. The maximum atomic E-state index is 12.5. The summed E-state index contributed by atoms with van der Waals surface area (Å²) in [6.07, 6.45) is -1.76. The molecule has 0 amide bonds. The van der Waals surface area contributed by atoms with Crippen LogP contribution in [0.15, 0.2) is 11.3 Å². The zero-order valence-electron chi connectivity index (χ0n) is 10.7. The number of aromatic nitrogens is 2. The van der Waals surface area contributed by atoms with Gasteiger partial charge in [0.2, 0.25) is 5.96 Å². The largest absolute Gasteiger partial charge is 0.435 e. The first kappa shape index (κ1) is 15.8. The van der Waals surface area contributed by atoms with Crippen LogP contribution in [0, 0.1) is 11.5 Å². The molecule has 7 nitrogen and oxygen atoms in total. The average molecular weight is 289 g/mol. The second kappa shape index (κ2) is 7.34. The monoisotopic (exact) mass is 289 g/mol. The number of alkyl halides is 3. The van der Waals surface area contributed by atoms with Gasteiger partial charge >= 0.3 is 6.18 Å². The van der Waals surface area contributed by atoms with Crippen molar-refractivity contribution in [3.05, 3.63) is 17.7 Å². The molecule has 0 bridgehead atoms. The first-order valence-corrected chi connectivity index (χ1v) is 5.66. The molecule has 110 valence electrons. The fraction of sp³-hybridized carbons (Fsp3) is 0.500. The third-order valence-electron chi connectivity index (χ3n) is 2.26. The van der Waals surface area contributed by atoms with E-state index in [-0.39, 0.29) is 12.2 Å². The van der Waals surface area contributed by atoms with Crippen molar-refractivity contribution in [3.63, 3.8) is 0 Å². The minimum absolute atomic E-state index is 0.00489. The lowest BCUT2D eigenvalue weighted by Gasteiger charge is -2.07. The summed E-state index contributed by atoms with van der Waals surface area (Å²) in [5, 5.41) is 16.2. The standard InChI is InChI=1S/C10H14F3N7/c1-15-9(18-5-14)17-3-2-16-4-7-8(10(11,12)13)20-6-19-7/h6,16H,2-4H2,1H3,(H,19,20)(H2,15,17,18). The molecule has 20 heavy (non-hydrogen) atoms. The van der Waals surface area contributed by atoms with Crippen LogP contribution in [0.2, 0.25) is 0 Å². The Morgan fingerprint density at radius 2 is 2.30 bits per heavy atom. The number of hydrogen-bond donors (Lipinski definition) is 4. The molecule has 0 saturated carbocycles. The number of aromatic amines is 1. The van der Waals surface area contributed by atoms with Crippen molar-refractivity contribution < 1.29 is 13.2 Å². The summed E-state index contributed by atoms with van der Waals surface area (Å²) in [6, 6.07) is 0. The average Bonchev–Trinajstić information content (AvgIpc) is 2.85. The quantitative estimate of drug-likeness (QED) is 0.203. The van der Waals surface area contributed by atoms with Crippen LogP contribution in [0.25, 0.3) is 0 Å². The fourth-order valence-electron chi connectivity index (χ4n) is 1.39. The molecule has 0 fully saturated rings. The molecule has 1 aromatic rings. The summed E-state index contributed by atoms with van der Waals surface area (Å²) in [5.41, 5.74) is -0.943. The van der Waals surface area contributed by atoms with Crippen LogP contribution in [0.1, 0.15) is 11.4 Å². The number of H-pyrrole nitrogens is 1. The molecule has 0 aliphatic carbocycles. The SMILES string of the molecule is CN/C(=N/CCNCc1[nH]cnc1C(F)(F)F)NC#N. The molecule has 1 rings (SSSR count). The molecule has 0 aliphatic rings. The molecule has 0 aromatic carbocycles. The lowest BCUT2D eigenvalue weighted by atomic mass is 10.3. The molecule has 0 unspecified atom stereocenters. The van der Waals surface area contributed by atoms with E-state index < -0.39 is 11.9 Å². The van der Waals surface area contributed by atoms with Gasteiger partial charge in [-0.25, -0.2) is 4.98 Å². The predicted octanol–water partition coefficient (Wildman–Crippen LogP) is 0.164. The zero-order valence-corrected chi connectivity index (χ0v) is 10.7. The Balaban J connectivity index is 2.39. The van der Waals surface area contributed by atoms with Crippen molar-refractivity contribution in [2.45, 2.75) is 12.7 Å². The van der Waals surface area contributed by atoms with Crippen molar-refractivity contribution in [1.82, 2.24) is 25.9 Å². The molecule has 10 heteroatoms. The number of hydrogen-bond acceptors (Lipinski definition) is 4. The van der Waals surface area contributed by atoms with E-state index in [9.17, 15) is 13.2 Å². The van der Waals surface area contributed by atoms with Gasteiger partial charge in [0, 0.05) is 20.1 Å². The minimum atomic E-state index is -4.47. The third kappa shape index (κ3) is 4.77. The second-order valence-corrected chi connectivity index (χ2v) is 3.62. The van der Waals surface area contributed by atoms with Crippen LogP contribution >= 0.6 is 0 Å². The van der Waals surface area contributed by atoms with Crippen LogP contribution in [0.5, 0.6) is 0 Å². The molecule has 0 radical (unpaired) electrons. The van der Waals surface area contributed by atoms with Crippen molar-refractivity contribution in [3.8, 4) is 6.19 Å². The minimum Gasteiger partial charge on any atom is -0.359 e. The Hall–Kier alpha value is -2.28. The van der Waals surface area contributed by atoms with Gasteiger partial charge in [0.05, 0.1) is 18.6 Å². The summed E-state index contributed by atoms with van der Waals surface area (Å²) < 4.78 is 37.5. The first-order valence-electron chi connectivity index (χ1n) is 5.66. The third-order valence-corrected chi connectivity index (χ3v) is 2.26. The van der Waals surface area contributed by atoms with Gasteiger partial charge in [-0.3, -0.25) is 10.3 Å². The fourth-order valence-corrected chi connectivity index (χ4v) is 1.39. The van der Waals surface area contributed by atoms with Gasteiger partial charge in [0.1, 0.15) is 0 Å². The van der Waals surface area contributed by atoms with Gasteiger partial charge in [-0.2, -0.15) is 18.4 Å². The van der Waals surface area contributed by atoms with Crippen LogP contribution in [0.4, 0.5) is 13.2 Å². The predicted molar refractivity (Wildman–Crippen MR) is 65.4 cm³/mol. The lowest BCUT2D eigenvalue weighted by Crippen LogP contribution is -2.32. The van der Waals surface area contributed by atoms with Crippen LogP contribution in [0.3, 0.4) is 0 Å². The van der Waals surface area contributed by atoms with Crippen molar-refractivity contribution >= 4 is 5.96 Å². The molecule has 0 atom stereocenters. The molecular formula is C10H14F3N7. The maximum Gasteiger partial charge on any atom is 0.435 e. The number of guanidine groups is 1. The van der Waals surface area contributed by atoms with Crippen molar-refractivity contribution in [2.75, 3.05) is 20.1 Å². The normalized spacial score (nSPS) is 12.1. The van der Waals surface area contributed by atoms with Gasteiger partial charge in [-0.1, -0.05) is 0 Å². The highest BCUT2D eigenvalue weighted by molar-refractivity contribution is 5.80. The van der Waals surface area contributed by atoms with E-state index in [2.05, 4.69) is 30.9 Å². The number of nitriles is 1. The Kier molecular flexibility index (Phi) is 5.79. The van der Waals surface area contributed by atoms with E-state index in [1.807, 2.05) is 0 Å². The van der Waals surface area contributed by atoms with Gasteiger partial charge < -0.3 is 15.6 Å². The van der Waals surface area contributed by atoms with E-state index in [1.165, 1.54) is 0 Å². The molecule has 1 aromatic heterocycles. The molecule has 4 N–H and O–H groups in total. The molecule has 0 aliphatic heterocycles. The zero-order chi connectivity index (χ0) is 15.0. The number of halogens is 3. The van der Waals surface area contributed by atoms with E-state index in [4.69, 9.17) is 5.26 Å². The van der Waals surface area contributed by atoms with Crippen molar-refractivity contribution in [2.24, 2.45) is 4.99 Å². The molecule has 1 heterocycles. The highest BCUT2D eigenvalue weighted by Crippen LogP contribution is 2.29. The van der Waals surface area contributed by atoms with Crippen LogP contribution in [-0.2, 0) is 12.7 Å². The van der Waals surface area contributed by atoms with Crippen molar-refractivity contribution in [1.29, 1.82) is 5.26 Å². The first-order chi connectivity index (χ1) is 9.49. The van der Waals surface area contributed by atoms with E-state index in [0.29, 0.717) is 19.0 Å². The van der Waals surface area contributed by atoms with E-state index >= 15 is 0 Å². The van der Waals surface area contributed by atoms with E-state index in [0.717, 1.165) is 6.33 Å². The number of rotatable bonds is 5. The van der Waals surface area contributed by atoms with Crippen LogP contribution in [-0.4, -0.2) is 36.1 Å². The Bertz CT molecular complexity index is 486. The Morgan fingerprint density at radius 3 is 2.90 bits per heavy atom. The second-order valence-electron chi connectivity index (χ2n) is 3.62. The molecule has 0 saturated heterocycles. The number of nitrogens with zero attached hydrogens (tertiary/aromatic N) is 3. The number of nitrogens with one attached hydrogen (secondary N) is 4. The summed E-state index contributed by atoms with van der Waals surface area (Å²) in [6.45, 7) is 0.667. The summed E-state index contributed by atoms with van der Waals surface area (Å²) in [4.78, 5) is 9.68. The van der Waals surface area contributed by atoms with Crippen LogP contribution < -0.4 is 16.0 Å². The highest BCUT2D eigenvalue weighted by Gasteiger charge is 2.35. The topological polar surface area (TPSA) is 101 Å². The smallest absolute Gasteiger partial charge is 0.359 e. The molecule has 0 spiro atoms. The maximum absolute atomic E-state index is 12.5. The van der Waals surface area contributed by atoms with E-state index in [1.54, 1.807) is 13.2 Å². The van der Waals surface area contributed by atoms with Gasteiger partial charge in [0.25, 0.3) is 0 Å².